The van der Waals surface area contributed by atoms with E-state index in [0.717, 1.165) is 12.0 Å². The SMILES string of the molecule is CCCCCCc1ccc(C=C(OC)C(=O)O)cc1. The molecule has 0 fully saturated rings. The summed E-state index contributed by atoms with van der Waals surface area (Å²) >= 11 is 0. The van der Waals surface area contributed by atoms with E-state index in [4.69, 9.17) is 9.84 Å². The molecule has 0 heterocycles. The van der Waals surface area contributed by atoms with Crippen LogP contribution in [0, 0.1) is 0 Å². The summed E-state index contributed by atoms with van der Waals surface area (Å²) in [6.45, 7) is 2.21. The second-order valence-corrected chi connectivity index (χ2v) is 4.57. The number of methoxy groups -OCH3 is 1. The lowest BCUT2D eigenvalue weighted by Crippen LogP contribution is -2.01. The Morgan fingerprint density at radius 3 is 2.42 bits per heavy atom. The minimum absolute atomic E-state index is 0.0457. The van der Waals surface area contributed by atoms with Gasteiger partial charge in [0.2, 0.25) is 5.76 Å². The Morgan fingerprint density at radius 1 is 1.21 bits per heavy atom. The van der Waals surface area contributed by atoms with E-state index >= 15 is 0 Å². The molecule has 0 aliphatic rings. The predicted octanol–water partition coefficient (Wildman–Crippen LogP) is 3.88. The van der Waals surface area contributed by atoms with Crippen molar-refractivity contribution in [3.05, 3.63) is 41.2 Å². The van der Waals surface area contributed by atoms with Gasteiger partial charge in [-0.3, -0.25) is 0 Å². The van der Waals surface area contributed by atoms with Gasteiger partial charge in [0.1, 0.15) is 0 Å². The molecule has 0 aliphatic heterocycles. The van der Waals surface area contributed by atoms with Gasteiger partial charge in [-0.05, 0) is 30.0 Å². The first-order chi connectivity index (χ1) is 9.17. The molecule has 0 aromatic heterocycles. The molecule has 0 saturated heterocycles. The van der Waals surface area contributed by atoms with Gasteiger partial charge in [-0.25, -0.2) is 4.79 Å². The normalized spacial score (nSPS) is 11.4. The lowest BCUT2D eigenvalue weighted by Gasteiger charge is -2.03. The van der Waals surface area contributed by atoms with Gasteiger partial charge in [-0.1, -0.05) is 50.5 Å². The zero-order valence-corrected chi connectivity index (χ0v) is 11.7. The van der Waals surface area contributed by atoms with Crippen LogP contribution in [0.2, 0.25) is 0 Å². The van der Waals surface area contributed by atoms with Crippen molar-refractivity contribution in [1.82, 2.24) is 0 Å². The molecular weight excluding hydrogens is 240 g/mol. The van der Waals surface area contributed by atoms with Gasteiger partial charge in [0.05, 0.1) is 7.11 Å². The number of carbonyl (C=O) groups is 1. The summed E-state index contributed by atoms with van der Waals surface area (Å²) in [5.74, 6) is -1.10. The third-order valence-corrected chi connectivity index (χ3v) is 3.03. The fourth-order valence-corrected chi connectivity index (χ4v) is 1.90. The van der Waals surface area contributed by atoms with E-state index in [9.17, 15) is 4.79 Å². The smallest absolute Gasteiger partial charge is 0.371 e. The van der Waals surface area contributed by atoms with Crippen LogP contribution >= 0.6 is 0 Å². The van der Waals surface area contributed by atoms with E-state index in [0.29, 0.717) is 0 Å². The van der Waals surface area contributed by atoms with E-state index in [2.05, 4.69) is 6.92 Å². The lowest BCUT2D eigenvalue weighted by atomic mass is 10.0. The first-order valence-corrected chi connectivity index (χ1v) is 6.75. The Kier molecular flexibility index (Phi) is 6.72. The highest BCUT2D eigenvalue weighted by atomic mass is 16.5. The van der Waals surface area contributed by atoms with Gasteiger partial charge >= 0.3 is 5.97 Å². The van der Waals surface area contributed by atoms with Crippen molar-refractivity contribution in [1.29, 1.82) is 0 Å². The molecule has 0 aliphatic carbocycles. The predicted molar refractivity (Wildman–Crippen MR) is 76.9 cm³/mol. The van der Waals surface area contributed by atoms with Crippen LogP contribution in [0.25, 0.3) is 6.08 Å². The first-order valence-electron chi connectivity index (χ1n) is 6.75. The number of aryl methyl sites for hydroxylation is 1. The molecule has 0 radical (unpaired) electrons. The summed E-state index contributed by atoms with van der Waals surface area (Å²) in [4.78, 5) is 10.8. The lowest BCUT2D eigenvalue weighted by molar-refractivity contribution is -0.135. The van der Waals surface area contributed by atoms with E-state index in [1.807, 2.05) is 24.3 Å². The number of carboxylic acids is 1. The molecule has 19 heavy (non-hydrogen) atoms. The van der Waals surface area contributed by atoms with Crippen LogP contribution in [0.1, 0.15) is 43.7 Å². The number of aliphatic carboxylic acids is 1. The zero-order chi connectivity index (χ0) is 14.1. The van der Waals surface area contributed by atoms with Crippen LogP contribution in [0.5, 0.6) is 0 Å². The number of hydrogen-bond acceptors (Lipinski definition) is 2. The molecule has 1 aromatic carbocycles. The highest BCUT2D eigenvalue weighted by molar-refractivity contribution is 5.89. The molecule has 0 atom stereocenters. The summed E-state index contributed by atoms with van der Waals surface area (Å²) in [5, 5.41) is 8.86. The standard InChI is InChI=1S/C16H22O3/c1-3-4-5-6-7-13-8-10-14(11-9-13)12-15(19-2)16(17)18/h8-12H,3-7H2,1-2H3,(H,17,18). The summed E-state index contributed by atoms with van der Waals surface area (Å²) in [7, 11) is 1.36. The number of ether oxygens (including phenoxy) is 1. The van der Waals surface area contributed by atoms with Crippen LogP contribution < -0.4 is 0 Å². The van der Waals surface area contributed by atoms with Crippen molar-refractivity contribution >= 4 is 12.0 Å². The van der Waals surface area contributed by atoms with Gasteiger partial charge in [0.25, 0.3) is 0 Å². The van der Waals surface area contributed by atoms with Gasteiger partial charge in [0, 0.05) is 0 Å². The molecule has 3 heteroatoms. The maximum atomic E-state index is 10.8. The van der Waals surface area contributed by atoms with Crippen LogP contribution in [0.4, 0.5) is 0 Å². The second kappa shape index (κ2) is 8.35. The molecule has 1 rings (SSSR count). The molecule has 104 valence electrons. The third-order valence-electron chi connectivity index (χ3n) is 3.03. The van der Waals surface area contributed by atoms with Crippen LogP contribution in [0.15, 0.2) is 30.0 Å². The van der Waals surface area contributed by atoms with Crippen molar-refractivity contribution in [2.45, 2.75) is 39.0 Å². The second-order valence-electron chi connectivity index (χ2n) is 4.57. The maximum absolute atomic E-state index is 10.8. The van der Waals surface area contributed by atoms with E-state index in [1.165, 1.54) is 44.4 Å². The summed E-state index contributed by atoms with van der Waals surface area (Å²) in [5.41, 5.74) is 2.14. The Bertz CT molecular complexity index is 418. The Hall–Kier alpha value is -1.77. The van der Waals surface area contributed by atoms with E-state index in [1.54, 1.807) is 0 Å². The maximum Gasteiger partial charge on any atom is 0.371 e. The molecule has 0 spiro atoms. The van der Waals surface area contributed by atoms with Crippen molar-refractivity contribution in [2.24, 2.45) is 0 Å². The average Bonchev–Trinajstić information content (AvgIpc) is 2.42. The van der Waals surface area contributed by atoms with E-state index < -0.39 is 5.97 Å². The number of carboxylic acid groups (broad SMARTS) is 1. The number of rotatable bonds is 8. The summed E-state index contributed by atoms with van der Waals surface area (Å²) in [6.07, 6.45) is 7.63. The largest absolute Gasteiger partial charge is 0.490 e. The molecule has 1 aromatic rings. The number of unbranched alkanes of at least 4 members (excludes halogenated alkanes) is 3. The molecule has 0 amide bonds. The van der Waals surface area contributed by atoms with E-state index in [-0.39, 0.29) is 5.76 Å². The monoisotopic (exact) mass is 262 g/mol. The molecule has 0 saturated carbocycles. The topological polar surface area (TPSA) is 46.5 Å². The van der Waals surface area contributed by atoms with Crippen molar-refractivity contribution in [3.63, 3.8) is 0 Å². The van der Waals surface area contributed by atoms with Crippen LogP contribution in [-0.2, 0) is 16.0 Å². The fourth-order valence-electron chi connectivity index (χ4n) is 1.90. The molecule has 0 unspecified atom stereocenters. The average molecular weight is 262 g/mol. The van der Waals surface area contributed by atoms with Crippen molar-refractivity contribution in [2.75, 3.05) is 7.11 Å². The molecule has 3 nitrogen and oxygen atoms in total. The Labute approximate surface area is 114 Å². The van der Waals surface area contributed by atoms with Gasteiger partial charge in [0.15, 0.2) is 0 Å². The molecule has 0 bridgehead atoms. The van der Waals surface area contributed by atoms with Gasteiger partial charge in [-0.2, -0.15) is 0 Å². The number of hydrogen-bond donors (Lipinski definition) is 1. The van der Waals surface area contributed by atoms with Crippen LogP contribution in [0.3, 0.4) is 0 Å². The zero-order valence-electron chi connectivity index (χ0n) is 11.7. The van der Waals surface area contributed by atoms with Crippen LogP contribution in [-0.4, -0.2) is 18.2 Å². The number of benzene rings is 1. The highest BCUT2D eigenvalue weighted by Gasteiger charge is 2.06. The molecule has 1 N–H and O–H groups in total. The minimum atomic E-state index is -1.05. The summed E-state index contributed by atoms with van der Waals surface area (Å²) in [6, 6.07) is 7.95. The van der Waals surface area contributed by atoms with Crippen molar-refractivity contribution in [3.8, 4) is 0 Å². The first kappa shape index (κ1) is 15.3. The fraction of sp³-hybridized carbons (Fsp3) is 0.438. The molecular formula is C16H22O3. The van der Waals surface area contributed by atoms with Gasteiger partial charge < -0.3 is 9.84 Å². The summed E-state index contributed by atoms with van der Waals surface area (Å²) < 4.78 is 4.80. The Balaban J connectivity index is 2.58. The quantitative estimate of drug-likeness (QED) is 0.439. The van der Waals surface area contributed by atoms with Gasteiger partial charge in [-0.15, -0.1) is 0 Å². The third kappa shape index (κ3) is 5.60. The highest BCUT2D eigenvalue weighted by Crippen LogP contribution is 2.12. The Morgan fingerprint density at radius 2 is 1.89 bits per heavy atom. The van der Waals surface area contributed by atoms with Crippen molar-refractivity contribution < 1.29 is 14.6 Å². The minimum Gasteiger partial charge on any atom is -0.490 e.